The molecule has 2 N–H and O–H groups in total. The highest BCUT2D eigenvalue weighted by molar-refractivity contribution is 6.30. The summed E-state index contributed by atoms with van der Waals surface area (Å²) in [6.45, 7) is 0.0117. The van der Waals surface area contributed by atoms with E-state index in [1.165, 1.54) is 17.0 Å². The summed E-state index contributed by atoms with van der Waals surface area (Å²) in [5, 5.41) is 16.9. The van der Waals surface area contributed by atoms with Crippen molar-refractivity contribution in [2.24, 2.45) is 0 Å². The van der Waals surface area contributed by atoms with Crippen molar-refractivity contribution < 1.29 is 19.0 Å². The van der Waals surface area contributed by atoms with Crippen molar-refractivity contribution in [1.82, 2.24) is 15.2 Å². The molecule has 9 heteroatoms. The minimum absolute atomic E-state index is 0.0150. The van der Waals surface area contributed by atoms with Gasteiger partial charge in [0.25, 0.3) is 0 Å². The molecule has 1 aliphatic rings. The maximum absolute atomic E-state index is 13.7. The van der Waals surface area contributed by atoms with E-state index in [1.54, 1.807) is 30.6 Å². The van der Waals surface area contributed by atoms with E-state index in [0.717, 1.165) is 5.56 Å². The minimum atomic E-state index is -0.605. The first-order valence-corrected chi connectivity index (χ1v) is 8.98. The highest BCUT2D eigenvalue weighted by atomic mass is 35.5. The van der Waals surface area contributed by atoms with Crippen LogP contribution in [0.5, 0.6) is 0 Å². The highest BCUT2D eigenvalue weighted by Crippen LogP contribution is 2.34. The van der Waals surface area contributed by atoms with E-state index in [0.29, 0.717) is 35.6 Å². The van der Waals surface area contributed by atoms with Gasteiger partial charge in [0.2, 0.25) is 0 Å². The number of cyclic esters (lactones) is 1. The van der Waals surface area contributed by atoms with E-state index >= 15 is 0 Å². The molecule has 0 radical (unpaired) electrons. The maximum atomic E-state index is 13.7. The number of carbonyl (C=O) groups excluding carboxylic acids is 1. The number of pyridine rings is 1. The number of aliphatic hydroxyl groups is 1. The topological polar surface area (TPSA) is 91.3 Å². The van der Waals surface area contributed by atoms with Crippen LogP contribution < -0.4 is 4.90 Å². The number of anilines is 1. The highest BCUT2D eigenvalue weighted by Gasteiger charge is 2.32. The van der Waals surface area contributed by atoms with E-state index in [2.05, 4.69) is 15.2 Å². The summed E-state index contributed by atoms with van der Waals surface area (Å²) in [7, 11) is 0. The summed E-state index contributed by atoms with van der Waals surface area (Å²) in [5.74, 6) is -0.184. The predicted molar refractivity (Wildman–Crippen MR) is 100 cm³/mol. The molecule has 144 valence electrons. The summed E-state index contributed by atoms with van der Waals surface area (Å²) in [6, 6.07) is 7.87. The Morgan fingerprint density at radius 1 is 1.32 bits per heavy atom. The molecule has 1 atom stereocenters. The van der Waals surface area contributed by atoms with Crippen LogP contribution >= 0.6 is 11.6 Å². The summed E-state index contributed by atoms with van der Waals surface area (Å²) >= 11 is 5.71. The zero-order chi connectivity index (χ0) is 19.7. The monoisotopic (exact) mass is 402 g/mol. The molecule has 4 rings (SSSR count). The van der Waals surface area contributed by atoms with Crippen molar-refractivity contribution in [1.29, 1.82) is 0 Å². The number of carbonyl (C=O) groups is 1. The van der Waals surface area contributed by atoms with Crippen LogP contribution in [0, 0.1) is 5.82 Å². The molecule has 0 aliphatic carbocycles. The lowest BCUT2D eigenvalue weighted by Crippen LogP contribution is -2.39. The van der Waals surface area contributed by atoms with Gasteiger partial charge in [-0.1, -0.05) is 17.7 Å². The second kappa shape index (κ2) is 7.57. The Bertz CT molecular complexity index is 1010. The average molecular weight is 403 g/mol. The summed E-state index contributed by atoms with van der Waals surface area (Å²) in [4.78, 5) is 17.9. The largest absolute Gasteiger partial charge is 0.441 e. The third-order valence-corrected chi connectivity index (χ3v) is 4.93. The molecule has 3 heterocycles. The molecular formula is C19H16ClFN4O3. The van der Waals surface area contributed by atoms with E-state index in [4.69, 9.17) is 16.3 Å². The molecule has 1 unspecified atom stereocenters. The van der Waals surface area contributed by atoms with Crippen molar-refractivity contribution in [3.8, 4) is 11.3 Å². The number of halogens is 2. The molecule has 1 aromatic carbocycles. The van der Waals surface area contributed by atoms with Crippen LogP contribution in [0.1, 0.15) is 23.7 Å². The van der Waals surface area contributed by atoms with Crippen LogP contribution in [0.4, 0.5) is 15.0 Å². The van der Waals surface area contributed by atoms with Gasteiger partial charge in [-0.05, 0) is 29.8 Å². The molecule has 1 fully saturated rings. The van der Waals surface area contributed by atoms with E-state index in [9.17, 15) is 14.3 Å². The van der Waals surface area contributed by atoms with E-state index in [1.807, 2.05) is 0 Å². The lowest BCUT2D eigenvalue weighted by Gasteiger charge is -2.31. The van der Waals surface area contributed by atoms with Crippen LogP contribution in [0.15, 0.2) is 42.7 Å². The van der Waals surface area contributed by atoms with Crippen molar-refractivity contribution >= 4 is 23.5 Å². The number of benzene rings is 1. The van der Waals surface area contributed by atoms with Crippen molar-refractivity contribution in [3.05, 3.63) is 64.7 Å². The lowest BCUT2D eigenvalue weighted by atomic mass is 10.0. The van der Waals surface area contributed by atoms with Crippen LogP contribution in [-0.4, -0.2) is 32.9 Å². The Hall–Kier alpha value is -2.97. The fraction of sp³-hybridized carbons (Fsp3) is 0.211. The van der Waals surface area contributed by atoms with Gasteiger partial charge in [0, 0.05) is 36.5 Å². The van der Waals surface area contributed by atoms with Crippen molar-refractivity contribution in [2.75, 3.05) is 11.4 Å². The zero-order valence-corrected chi connectivity index (χ0v) is 15.4. The number of aromatic nitrogens is 3. The second-order valence-electron chi connectivity index (χ2n) is 6.28. The normalized spacial score (nSPS) is 16.9. The summed E-state index contributed by atoms with van der Waals surface area (Å²) in [6.07, 6.45) is 2.51. The predicted octanol–water partition coefficient (Wildman–Crippen LogP) is 3.84. The van der Waals surface area contributed by atoms with Gasteiger partial charge in [-0.3, -0.25) is 15.0 Å². The average Bonchev–Trinajstić information content (AvgIpc) is 3.14. The number of hydrogen-bond acceptors (Lipinski definition) is 5. The first kappa shape index (κ1) is 18.4. The first-order valence-electron chi connectivity index (χ1n) is 8.60. The van der Waals surface area contributed by atoms with Crippen LogP contribution in [0.2, 0.25) is 5.02 Å². The molecule has 0 spiro atoms. The molecule has 1 amide bonds. The number of amides is 1. The van der Waals surface area contributed by atoms with Gasteiger partial charge in [0.1, 0.15) is 17.7 Å². The van der Waals surface area contributed by atoms with Gasteiger partial charge in [0.05, 0.1) is 17.3 Å². The quantitative estimate of drug-likeness (QED) is 0.691. The Kier molecular flexibility index (Phi) is 4.97. The molecule has 1 aliphatic heterocycles. The number of rotatable bonds is 4. The van der Waals surface area contributed by atoms with E-state index < -0.39 is 18.0 Å². The van der Waals surface area contributed by atoms with Crippen LogP contribution in [0.25, 0.3) is 11.3 Å². The maximum Gasteiger partial charge on any atom is 0.416 e. The Morgan fingerprint density at radius 2 is 2.11 bits per heavy atom. The Morgan fingerprint density at radius 3 is 2.79 bits per heavy atom. The molecule has 0 saturated carbocycles. The fourth-order valence-electron chi connectivity index (χ4n) is 3.21. The summed E-state index contributed by atoms with van der Waals surface area (Å²) < 4.78 is 19.2. The lowest BCUT2D eigenvalue weighted by molar-refractivity contribution is 0.0836. The number of aromatic amines is 1. The number of nitrogens with one attached hydrogen (secondary N) is 1. The Labute approximate surface area is 164 Å². The number of hydrogen-bond donors (Lipinski definition) is 2. The van der Waals surface area contributed by atoms with Crippen LogP contribution in [-0.2, 0) is 11.3 Å². The van der Waals surface area contributed by atoms with Gasteiger partial charge in [-0.25, -0.2) is 9.18 Å². The molecular weight excluding hydrogens is 387 g/mol. The Balaban J connectivity index is 1.58. The van der Waals surface area contributed by atoms with Crippen LogP contribution in [0.3, 0.4) is 0 Å². The molecule has 1 saturated heterocycles. The fourth-order valence-corrected chi connectivity index (χ4v) is 3.33. The SMILES string of the molecule is O=C1OC(c2ccc(Cl)c(F)c2)CCN1c1[nH]nc(-c2ccncc2)c1CO. The smallest absolute Gasteiger partial charge is 0.416 e. The molecule has 3 aromatic rings. The van der Waals surface area contributed by atoms with Gasteiger partial charge in [-0.15, -0.1) is 0 Å². The molecule has 7 nitrogen and oxygen atoms in total. The summed E-state index contributed by atoms with van der Waals surface area (Å²) in [5.41, 5.74) is 2.33. The number of H-pyrrole nitrogens is 1. The molecule has 2 aromatic heterocycles. The first-order chi connectivity index (χ1) is 13.6. The molecule has 28 heavy (non-hydrogen) atoms. The van der Waals surface area contributed by atoms with Gasteiger partial charge >= 0.3 is 6.09 Å². The van der Waals surface area contributed by atoms with Gasteiger partial charge in [0.15, 0.2) is 0 Å². The van der Waals surface area contributed by atoms with E-state index in [-0.39, 0.29) is 11.6 Å². The van der Waals surface area contributed by atoms with Gasteiger partial charge in [-0.2, -0.15) is 5.10 Å². The zero-order valence-electron chi connectivity index (χ0n) is 14.6. The molecule has 0 bridgehead atoms. The third kappa shape index (κ3) is 3.32. The second-order valence-corrected chi connectivity index (χ2v) is 6.69. The third-order valence-electron chi connectivity index (χ3n) is 4.62. The van der Waals surface area contributed by atoms with Gasteiger partial charge < -0.3 is 9.84 Å². The number of ether oxygens (including phenoxy) is 1. The van der Waals surface area contributed by atoms with Crippen molar-refractivity contribution in [3.63, 3.8) is 0 Å². The van der Waals surface area contributed by atoms with Crippen molar-refractivity contribution in [2.45, 2.75) is 19.1 Å². The standard InChI is InChI=1S/C19H16ClFN4O3/c20-14-2-1-12(9-15(14)21)16-5-8-25(19(27)28-16)18-13(10-26)17(23-24-18)11-3-6-22-7-4-11/h1-4,6-7,9,16,26H,5,8,10H2,(H,23,24). The number of nitrogens with zero attached hydrogens (tertiary/aromatic N) is 3. The number of aliphatic hydroxyl groups excluding tert-OH is 1. The minimum Gasteiger partial charge on any atom is -0.441 e.